The van der Waals surface area contributed by atoms with Crippen LogP contribution in [0.1, 0.15) is 23.9 Å². The quantitative estimate of drug-likeness (QED) is 0.482. The highest BCUT2D eigenvalue weighted by Crippen LogP contribution is 2.23. The first-order valence-corrected chi connectivity index (χ1v) is 9.02. The topological polar surface area (TPSA) is 53.1 Å². The SMILES string of the molecule is CCOCc1cccc(Cc2ncc(-c3ccc(-n4cccn4)cc3)o2)c1. The Labute approximate surface area is 158 Å². The Balaban J connectivity index is 1.47. The van der Waals surface area contributed by atoms with Gasteiger partial charge < -0.3 is 9.15 Å². The lowest BCUT2D eigenvalue weighted by Gasteiger charge is -2.04. The number of hydrogen-bond donors (Lipinski definition) is 0. The van der Waals surface area contributed by atoms with Crippen LogP contribution in [0.4, 0.5) is 0 Å². The summed E-state index contributed by atoms with van der Waals surface area (Å²) in [5, 5.41) is 4.24. The number of rotatable bonds is 7. The van der Waals surface area contributed by atoms with Crippen LogP contribution in [0.15, 0.2) is 77.6 Å². The van der Waals surface area contributed by atoms with E-state index in [1.54, 1.807) is 12.4 Å². The lowest BCUT2D eigenvalue weighted by molar-refractivity contribution is 0.134. The van der Waals surface area contributed by atoms with Crippen molar-refractivity contribution in [3.05, 3.63) is 90.2 Å². The molecule has 2 aromatic carbocycles. The highest BCUT2D eigenvalue weighted by Gasteiger charge is 2.08. The van der Waals surface area contributed by atoms with Gasteiger partial charge in [-0.2, -0.15) is 5.10 Å². The van der Waals surface area contributed by atoms with Gasteiger partial charge in [0.2, 0.25) is 0 Å². The van der Waals surface area contributed by atoms with Crippen molar-refractivity contribution < 1.29 is 9.15 Å². The van der Waals surface area contributed by atoms with Crippen molar-refractivity contribution >= 4 is 0 Å². The number of aromatic nitrogens is 3. The number of benzene rings is 2. The molecule has 0 atom stereocenters. The van der Waals surface area contributed by atoms with Crippen LogP contribution in [-0.4, -0.2) is 21.4 Å². The van der Waals surface area contributed by atoms with E-state index in [9.17, 15) is 0 Å². The number of oxazole rings is 1. The summed E-state index contributed by atoms with van der Waals surface area (Å²) in [7, 11) is 0. The third-order valence-electron chi connectivity index (χ3n) is 4.29. The zero-order chi connectivity index (χ0) is 18.5. The molecule has 4 rings (SSSR count). The third kappa shape index (κ3) is 4.15. The van der Waals surface area contributed by atoms with Gasteiger partial charge in [-0.15, -0.1) is 0 Å². The molecule has 0 unspecified atom stereocenters. The lowest BCUT2D eigenvalue weighted by atomic mass is 10.1. The predicted molar refractivity (Wildman–Crippen MR) is 104 cm³/mol. The maximum atomic E-state index is 5.96. The van der Waals surface area contributed by atoms with Crippen molar-refractivity contribution in [2.24, 2.45) is 0 Å². The van der Waals surface area contributed by atoms with Crippen LogP contribution in [-0.2, 0) is 17.8 Å². The van der Waals surface area contributed by atoms with Crippen molar-refractivity contribution in [3.63, 3.8) is 0 Å². The van der Waals surface area contributed by atoms with Crippen LogP contribution in [0, 0.1) is 0 Å². The van der Waals surface area contributed by atoms with Crippen molar-refractivity contribution in [1.82, 2.24) is 14.8 Å². The second kappa shape index (κ2) is 8.01. The fourth-order valence-corrected chi connectivity index (χ4v) is 2.95. The summed E-state index contributed by atoms with van der Waals surface area (Å²) in [6.45, 7) is 3.34. The maximum Gasteiger partial charge on any atom is 0.199 e. The molecule has 2 aromatic heterocycles. The zero-order valence-corrected chi connectivity index (χ0v) is 15.2. The Morgan fingerprint density at radius 2 is 1.89 bits per heavy atom. The van der Waals surface area contributed by atoms with Gasteiger partial charge in [0.1, 0.15) is 0 Å². The van der Waals surface area contributed by atoms with E-state index in [4.69, 9.17) is 9.15 Å². The van der Waals surface area contributed by atoms with Gasteiger partial charge in [0.05, 0.1) is 18.5 Å². The van der Waals surface area contributed by atoms with Crippen molar-refractivity contribution in [1.29, 1.82) is 0 Å². The van der Waals surface area contributed by atoms with Gasteiger partial charge in [-0.1, -0.05) is 24.3 Å². The van der Waals surface area contributed by atoms with Crippen LogP contribution in [0.3, 0.4) is 0 Å². The molecule has 0 radical (unpaired) electrons. The van der Waals surface area contributed by atoms with E-state index in [1.165, 1.54) is 0 Å². The first-order chi connectivity index (χ1) is 13.3. The van der Waals surface area contributed by atoms with E-state index in [0.717, 1.165) is 28.1 Å². The van der Waals surface area contributed by atoms with Crippen molar-refractivity contribution in [2.75, 3.05) is 6.61 Å². The minimum Gasteiger partial charge on any atom is -0.440 e. The second-order valence-corrected chi connectivity index (χ2v) is 6.25. The summed E-state index contributed by atoms with van der Waals surface area (Å²) in [5.41, 5.74) is 4.33. The fraction of sp³-hybridized carbons (Fsp3) is 0.182. The molecule has 0 aliphatic heterocycles. The van der Waals surface area contributed by atoms with Crippen molar-refractivity contribution in [2.45, 2.75) is 20.0 Å². The van der Waals surface area contributed by atoms with Crippen LogP contribution in [0.25, 0.3) is 17.0 Å². The first kappa shape index (κ1) is 17.2. The summed E-state index contributed by atoms with van der Waals surface area (Å²) in [4.78, 5) is 4.44. The van der Waals surface area contributed by atoms with E-state index in [0.29, 0.717) is 25.5 Å². The standard InChI is InChI=1S/C22H21N3O2/c1-2-26-16-18-6-3-5-17(13-18)14-22-23-15-21(27-22)19-7-9-20(10-8-19)25-12-4-11-24-25/h3-13,15H,2,14,16H2,1H3. The highest BCUT2D eigenvalue weighted by atomic mass is 16.5. The second-order valence-electron chi connectivity index (χ2n) is 6.25. The number of nitrogens with zero attached hydrogens (tertiary/aromatic N) is 3. The minimum absolute atomic E-state index is 0.629. The largest absolute Gasteiger partial charge is 0.440 e. The summed E-state index contributed by atoms with van der Waals surface area (Å²) in [5.74, 6) is 1.47. The normalized spacial score (nSPS) is 11.0. The Hall–Kier alpha value is -3.18. The van der Waals surface area contributed by atoms with Gasteiger partial charge in [-0.05, 0) is 48.4 Å². The van der Waals surface area contributed by atoms with Gasteiger partial charge in [0.15, 0.2) is 11.7 Å². The molecule has 136 valence electrons. The highest BCUT2D eigenvalue weighted by molar-refractivity contribution is 5.58. The van der Waals surface area contributed by atoms with Crippen LogP contribution >= 0.6 is 0 Å². The zero-order valence-electron chi connectivity index (χ0n) is 15.2. The molecule has 0 spiro atoms. The van der Waals surface area contributed by atoms with Crippen LogP contribution in [0.2, 0.25) is 0 Å². The predicted octanol–water partition coefficient (Wildman–Crippen LogP) is 4.65. The number of ether oxygens (including phenoxy) is 1. The molecule has 2 heterocycles. The molecule has 4 aromatic rings. The number of hydrogen-bond acceptors (Lipinski definition) is 4. The Kier molecular flexibility index (Phi) is 5.12. The van der Waals surface area contributed by atoms with Gasteiger partial charge in [-0.3, -0.25) is 0 Å². The molecular formula is C22H21N3O2. The lowest BCUT2D eigenvalue weighted by Crippen LogP contribution is -1.94. The molecule has 27 heavy (non-hydrogen) atoms. The van der Waals surface area contributed by atoms with Gasteiger partial charge in [-0.25, -0.2) is 9.67 Å². The summed E-state index contributed by atoms with van der Waals surface area (Å²) < 4.78 is 13.3. The van der Waals surface area contributed by atoms with Crippen molar-refractivity contribution in [3.8, 4) is 17.0 Å². The average Bonchev–Trinajstić information content (AvgIpc) is 3.39. The van der Waals surface area contributed by atoms with E-state index < -0.39 is 0 Å². The molecule has 0 saturated heterocycles. The Bertz CT molecular complexity index is 989. The first-order valence-electron chi connectivity index (χ1n) is 9.02. The molecule has 0 saturated carbocycles. The maximum absolute atomic E-state index is 5.96. The molecule has 0 bridgehead atoms. The molecule has 0 N–H and O–H groups in total. The average molecular weight is 359 g/mol. The van der Waals surface area contributed by atoms with E-state index in [1.807, 2.05) is 54.2 Å². The minimum atomic E-state index is 0.629. The smallest absolute Gasteiger partial charge is 0.199 e. The summed E-state index contributed by atoms with van der Waals surface area (Å²) in [6, 6.07) is 18.3. The summed E-state index contributed by atoms with van der Waals surface area (Å²) >= 11 is 0. The summed E-state index contributed by atoms with van der Waals surface area (Å²) in [6.07, 6.45) is 6.12. The molecule has 0 amide bonds. The molecule has 5 nitrogen and oxygen atoms in total. The Morgan fingerprint density at radius 3 is 2.67 bits per heavy atom. The molecule has 0 aliphatic rings. The van der Waals surface area contributed by atoms with Gasteiger partial charge in [0, 0.05) is 31.0 Å². The fourth-order valence-electron chi connectivity index (χ4n) is 2.95. The van der Waals surface area contributed by atoms with Gasteiger partial charge >= 0.3 is 0 Å². The van der Waals surface area contributed by atoms with E-state index in [-0.39, 0.29) is 0 Å². The van der Waals surface area contributed by atoms with E-state index in [2.05, 4.69) is 28.3 Å². The molecular weight excluding hydrogens is 338 g/mol. The molecule has 0 fully saturated rings. The van der Waals surface area contributed by atoms with Crippen LogP contribution < -0.4 is 0 Å². The molecule has 5 heteroatoms. The monoisotopic (exact) mass is 359 g/mol. The van der Waals surface area contributed by atoms with Gasteiger partial charge in [0.25, 0.3) is 0 Å². The van der Waals surface area contributed by atoms with E-state index >= 15 is 0 Å². The molecule has 0 aliphatic carbocycles. The van der Waals surface area contributed by atoms with Crippen LogP contribution in [0.5, 0.6) is 0 Å². The Morgan fingerprint density at radius 1 is 1.04 bits per heavy atom. The third-order valence-corrected chi connectivity index (χ3v) is 4.29.